The highest BCUT2D eigenvalue weighted by Gasteiger charge is 2.07. The van der Waals surface area contributed by atoms with Gasteiger partial charge in [-0.2, -0.15) is 0 Å². The van der Waals surface area contributed by atoms with E-state index in [1.165, 1.54) is 0 Å². The van der Waals surface area contributed by atoms with Gasteiger partial charge < -0.3 is 4.98 Å². The molecule has 0 amide bonds. The number of fused-ring (bicyclic) bond motifs is 1. The normalized spacial score (nSPS) is 11.8. The Bertz CT molecular complexity index is 1090. The van der Waals surface area contributed by atoms with E-state index >= 15 is 0 Å². The lowest BCUT2D eigenvalue weighted by molar-refractivity contribution is 0.587. The van der Waals surface area contributed by atoms with Crippen LogP contribution in [-0.2, 0) is 23.0 Å². The summed E-state index contributed by atoms with van der Waals surface area (Å²) in [6.07, 6.45) is 1.67. The van der Waals surface area contributed by atoms with Crippen LogP contribution < -0.4 is 10.3 Å². The van der Waals surface area contributed by atoms with Gasteiger partial charge in [-0.1, -0.05) is 36.4 Å². The molecule has 0 spiro atoms. The van der Waals surface area contributed by atoms with Gasteiger partial charge in [0.15, 0.2) is 0 Å². The van der Waals surface area contributed by atoms with Crippen molar-refractivity contribution in [3.8, 4) is 0 Å². The quantitative estimate of drug-likeness (QED) is 0.737. The van der Waals surface area contributed by atoms with Crippen molar-refractivity contribution >= 4 is 20.9 Å². The number of para-hydroxylation sites is 1. The number of rotatable bonds is 5. The van der Waals surface area contributed by atoms with E-state index in [9.17, 15) is 13.2 Å². The lowest BCUT2D eigenvalue weighted by atomic mass is 10.00. The molecule has 0 atom stereocenters. The maximum atomic E-state index is 12.3. The molecular formula is C19H20N2O3S. The molecule has 1 aromatic heterocycles. The first-order valence-corrected chi connectivity index (χ1v) is 9.85. The van der Waals surface area contributed by atoms with E-state index in [1.54, 1.807) is 0 Å². The summed E-state index contributed by atoms with van der Waals surface area (Å²) in [6, 6.07) is 15.4. The van der Waals surface area contributed by atoms with Crippen molar-refractivity contribution in [3.05, 3.63) is 81.1 Å². The lowest BCUT2D eigenvalue weighted by Gasteiger charge is -2.09. The fourth-order valence-corrected chi connectivity index (χ4v) is 3.24. The van der Waals surface area contributed by atoms with Crippen LogP contribution in [0.2, 0.25) is 0 Å². The Kier molecular flexibility index (Phi) is 4.74. The molecule has 0 unspecified atom stereocenters. The van der Waals surface area contributed by atoms with E-state index in [0.29, 0.717) is 12.0 Å². The highest BCUT2D eigenvalue weighted by molar-refractivity contribution is 7.88. The van der Waals surface area contributed by atoms with E-state index in [0.717, 1.165) is 33.8 Å². The smallest absolute Gasteiger partial charge is 0.251 e. The zero-order valence-electron chi connectivity index (χ0n) is 14.2. The van der Waals surface area contributed by atoms with Gasteiger partial charge >= 0.3 is 0 Å². The van der Waals surface area contributed by atoms with Crippen molar-refractivity contribution in [3.63, 3.8) is 0 Å². The Morgan fingerprint density at radius 1 is 1.04 bits per heavy atom. The van der Waals surface area contributed by atoms with Crippen LogP contribution in [0.1, 0.15) is 22.3 Å². The molecule has 5 nitrogen and oxygen atoms in total. The molecule has 1 heterocycles. The molecule has 2 N–H and O–H groups in total. The minimum Gasteiger partial charge on any atom is -0.322 e. The molecule has 0 aliphatic rings. The average molecular weight is 356 g/mol. The van der Waals surface area contributed by atoms with E-state index in [2.05, 4.69) is 9.71 Å². The maximum Gasteiger partial charge on any atom is 0.251 e. The first-order chi connectivity index (χ1) is 11.8. The van der Waals surface area contributed by atoms with Crippen molar-refractivity contribution in [1.82, 2.24) is 9.71 Å². The second kappa shape index (κ2) is 6.82. The number of H-pyrrole nitrogens is 1. The lowest BCUT2D eigenvalue weighted by Crippen LogP contribution is -2.21. The first kappa shape index (κ1) is 17.4. The van der Waals surface area contributed by atoms with Crippen LogP contribution in [0.5, 0.6) is 0 Å². The molecular weight excluding hydrogens is 336 g/mol. The summed E-state index contributed by atoms with van der Waals surface area (Å²) in [5.41, 5.74) is 4.38. The molecule has 2 aromatic carbocycles. The predicted octanol–water partition coefficient (Wildman–Crippen LogP) is 2.48. The zero-order valence-corrected chi connectivity index (χ0v) is 15.0. The third-order valence-electron chi connectivity index (χ3n) is 4.16. The number of aromatic nitrogens is 1. The monoisotopic (exact) mass is 356 g/mol. The fraction of sp³-hybridized carbons (Fsp3) is 0.211. The van der Waals surface area contributed by atoms with Gasteiger partial charge in [0, 0.05) is 24.0 Å². The number of benzene rings is 2. The predicted molar refractivity (Wildman–Crippen MR) is 100 cm³/mol. The SMILES string of the molecule is Cc1cc(Cc2cc3ccccc3[nH]c2=O)ccc1CNS(C)(=O)=O. The molecule has 130 valence electrons. The second-order valence-corrected chi connectivity index (χ2v) is 8.07. The summed E-state index contributed by atoms with van der Waals surface area (Å²) < 4.78 is 24.9. The van der Waals surface area contributed by atoms with Crippen LogP contribution in [0, 0.1) is 6.92 Å². The molecule has 0 fully saturated rings. The zero-order chi connectivity index (χ0) is 18.0. The maximum absolute atomic E-state index is 12.3. The molecule has 3 aromatic rings. The van der Waals surface area contributed by atoms with Crippen LogP contribution in [-0.4, -0.2) is 19.7 Å². The molecule has 25 heavy (non-hydrogen) atoms. The minimum atomic E-state index is -3.22. The van der Waals surface area contributed by atoms with E-state index < -0.39 is 10.0 Å². The highest BCUT2D eigenvalue weighted by Crippen LogP contribution is 2.16. The van der Waals surface area contributed by atoms with Gasteiger partial charge in [-0.25, -0.2) is 13.1 Å². The molecule has 0 bridgehead atoms. The van der Waals surface area contributed by atoms with Crippen molar-refractivity contribution in [2.75, 3.05) is 6.26 Å². The van der Waals surface area contributed by atoms with Crippen LogP contribution in [0.15, 0.2) is 53.3 Å². The van der Waals surface area contributed by atoms with Crippen molar-refractivity contribution < 1.29 is 8.42 Å². The Morgan fingerprint density at radius 2 is 1.80 bits per heavy atom. The van der Waals surface area contributed by atoms with E-state index in [1.807, 2.05) is 55.5 Å². The minimum absolute atomic E-state index is 0.0841. The summed E-state index contributed by atoms with van der Waals surface area (Å²) in [5, 5.41) is 1.00. The van der Waals surface area contributed by atoms with E-state index in [-0.39, 0.29) is 12.1 Å². The summed E-state index contributed by atoms with van der Waals surface area (Å²) >= 11 is 0. The number of hydrogen-bond donors (Lipinski definition) is 2. The van der Waals surface area contributed by atoms with E-state index in [4.69, 9.17) is 0 Å². The topological polar surface area (TPSA) is 79.0 Å². The van der Waals surface area contributed by atoms with Gasteiger partial charge in [0.1, 0.15) is 0 Å². The largest absolute Gasteiger partial charge is 0.322 e. The van der Waals surface area contributed by atoms with Crippen LogP contribution in [0.4, 0.5) is 0 Å². The Labute approximate surface area is 146 Å². The average Bonchev–Trinajstić information content (AvgIpc) is 2.54. The third-order valence-corrected chi connectivity index (χ3v) is 4.83. The fourth-order valence-electron chi connectivity index (χ4n) is 2.82. The van der Waals surface area contributed by atoms with Gasteiger partial charge in [-0.3, -0.25) is 4.79 Å². The molecule has 0 saturated carbocycles. The van der Waals surface area contributed by atoms with Gasteiger partial charge in [-0.05, 0) is 41.1 Å². The standard InChI is InChI=1S/C19H20N2O3S/c1-13-9-14(7-8-16(13)12-20-25(2,23)24)10-17-11-15-5-3-4-6-18(15)21-19(17)22/h3-9,11,20H,10,12H2,1-2H3,(H,21,22). The first-order valence-electron chi connectivity index (χ1n) is 7.96. The van der Waals surface area contributed by atoms with Crippen molar-refractivity contribution in [2.24, 2.45) is 0 Å². The highest BCUT2D eigenvalue weighted by atomic mass is 32.2. The second-order valence-electron chi connectivity index (χ2n) is 6.24. The number of pyridine rings is 1. The summed E-state index contributed by atoms with van der Waals surface area (Å²) in [6.45, 7) is 2.20. The molecule has 6 heteroatoms. The van der Waals surface area contributed by atoms with Gasteiger partial charge in [0.25, 0.3) is 5.56 Å². The van der Waals surface area contributed by atoms with Gasteiger partial charge in [0.05, 0.1) is 6.26 Å². The van der Waals surface area contributed by atoms with Gasteiger partial charge in [-0.15, -0.1) is 0 Å². The third kappa shape index (κ3) is 4.35. The Morgan fingerprint density at radius 3 is 2.52 bits per heavy atom. The van der Waals surface area contributed by atoms with Gasteiger partial charge in [0.2, 0.25) is 10.0 Å². The molecule has 3 rings (SSSR count). The number of hydrogen-bond acceptors (Lipinski definition) is 3. The van der Waals surface area contributed by atoms with Crippen LogP contribution >= 0.6 is 0 Å². The molecule has 0 aliphatic carbocycles. The number of nitrogens with one attached hydrogen (secondary N) is 2. The summed E-state index contributed by atoms with van der Waals surface area (Å²) in [5.74, 6) is 0. The van der Waals surface area contributed by atoms with Crippen LogP contribution in [0.25, 0.3) is 10.9 Å². The molecule has 0 aliphatic heterocycles. The Balaban J connectivity index is 1.85. The van der Waals surface area contributed by atoms with Crippen molar-refractivity contribution in [1.29, 1.82) is 0 Å². The number of aryl methyl sites for hydroxylation is 1. The number of aromatic amines is 1. The number of sulfonamides is 1. The summed E-state index contributed by atoms with van der Waals surface area (Å²) in [7, 11) is -3.22. The van der Waals surface area contributed by atoms with Crippen molar-refractivity contribution in [2.45, 2.75) is 19.9 Å². The Hall–Kier alpha value is -2.44. The summed E-state index contributed by atoms with van der Waals surface area (Å²) in [4.78, 5) is 15.2. The van der Waals surface area contributed by atoms with Crippen LogP contribution in [0.3, 0.4) is 0 Å². The molecule has 0 radical (unpaired) electrons. The molecule has 0 saturated heterocycles.